The molecule has 0 amide bonds. The second kappa shape index (κ2) is 18.1. The monoisotopic (exact) mass is 816 g/mol. The van der Waals surface area contributed by atoms with Crippen molar-refractivity contribution < 1.29 is 12.8 Å². The molecule has 8 nitrogen and oxygen atoms in total. The van der Waals surface area contributed by atoms with Crippen LogP contribution in [0.15, 0.2) is 137 Å². The Bertz CT molecular complexity index is 2410. The van der Waals surface area contributed by atoms with Crippen molar-refractivity contribution in [2.24, 2.45) is 7.05 Å². The van der Waals surface area contributed by atoms with Crippen LogP contribution in [0.2, 0.25) is 0 Å². The van der Waals surface area contributed by atoms with Crippen molar-refractivity contribution >= 4 is 44.5 Å². The van der Waals surface area contributed by atoms with E-state index in [1.807, 2.05) is 67.2 Å². The van der Waals surface area contributed by atoms with Gasteiger partial charge in [0.2, 0.25) is 0 Å². The molecule has 1 fully saturated rings. The first-order valence-electron chi connectivity index (χ1n) is 19.8. The van der Waals surface area contributed by atoms with Crippen LogP contribution in [0, 0.1) is 19.7 Å². The van der Waals surface area contributed by atoms with Crippen LogP contribution in [-0.2, 0) is 17.1 Å². The minimum absolute atomic E-state index is 0.215. The molecule has 1 aliphatic rings. The van der Waals surface area contributed by atoms with E-state index in [9.17, 15) is 12.8 Å². The molecule has 0 aliphatic carbocycles. The van der Waals surface area contributed by atoms with Crippen LogP contribution in [0.1, 0.15) is 17.7 Å². The van der Waals surface area contributed by atoms with Gasteiger partial charge >= 0.3 is 0 Å². The highest BCUT2D eigenvalue weighted by Gasteiger charge is 2.21. The Balaban J connectivity index is 0.960. The number of hydrogen-bond donors (Lipinski definition) is 2. The highest BCUT2D eigenvalue weighted by Crippen LogP contribution is 2.37. The minimum Gasteiger partial charge on any atom is -0.381 e. The third-order valence-electron chi connectivity index (χ3n) is 10.9. The molecule has 2 heterocycles. The fourth-order valence-corrected chi connectivity index (χ4v) is 9.60. The maximum atomic E-state index is 13.7. The number of nitrogens with zero attached hydrogens (tertiary/aromatic N) is 4. The molecular weight excluding hydrogens is 764 g/mol. The van der Waals surface area contributed by atoms with E-state index in [0.29, 0.717) is 5.69 Å². The summed E-state index contributed by atoms with van der Waals surface area (Å²) >= 11 is 1.82. The summed E-state index contributed by atoms with van der Waals surface area (Å²) < 4.78 is 45.8. The molecule has 302 valence electrons. The van der Waals surface area contributed by atoms with Crippen molar-refractivity contribution in [2.45, 2.75) is 36.1 Å². The molecule has 7 rings (SSSR count). The number of piperazine rings is 1. The lowest BCUT2D eigenvalue weighted by molar-refractivity contribution is 0.391. The number of hydrogen-bond acceptors (Lipinski definition) is 7. The Morgan fingerprint density at radius 2 is 1.45 bits per heavy atom. The van der Waals surface area contributed by atoms with Crippen molar-refractivity contribution in [2.75, 3.05) is 72.4 Å². The van der Waals surface area contributed by atoms with E-state index < -0.39 is 10.0 Å². The summed E-state index contributed by atoms with van der Waals surface area (Å²) in [4.78, 5) is 8.40. The summed E-state index contributed by atoms with van der Waals surface area (Å²) in [5, 5.41) is 3.69. The average Bonchev–Trinajstić information content (AvgIpc) is 3.53. The molecule has 58 heavy (non-hydrogen) atoms. The predicted molar refractivity (Wildman–Crippen MR) is 242 cm³/mol. The van der Waals surface area contributed by atoms with Gasteiger partial charge in [-0.3, -0.25) is 4.72 Å². The average molecular weight is 817 g/mol. The standard InChI is InChI=1S/C47H53FN6O2S2/c1-34-30-44(22-23-46(34)49-40(24-25-51(3)4)33-57-43-12-7-6-8-13-43)58(55,56)50-39-18-20-41(21-19-39)53-26-28-54(29-27-53)42-11-9-10-37(32-42)45-31-35(2)52(5)47(45)36-14-16-38(48)17-15-36/h6-23,30-32,40,49-50H,24-29,33H2,1-5H3/t40-/m1/s1. The lowest BCUT2D eigenvalue weighted by Gasteiger charge is -2.37. The summed E-state index contributed by atoms with van der Waals surface area (Å²) in [6.45, 7) is 8.36. The van der Waals surface area contributed by atoms with Gasteiger partial charge in [-0.05, 0) is 155 Å². The number of aromatic nitrogens is 1. The second-order valence-electron chi connectivity index (χ2n) is 15.3. The minimum atomic E-state index is -3.79. The zero-order valence-electron chi connectivity index (χ0n) is 34.0. The molecule has 11 heteroatoms. The molecule has 1 atom stereocenters. The van der Waals surface area contributed by atoms with Gasteiger partial charge in [0.05, 0.1) is 10.6 Å². The first-order valence-corrected chi connectivity index (χ1v) is 22.3. The van der Waals surface area contributed by atoms with Crippen molar-refractivity contribution in [3.05, 3.63) is 144 Å². The molecule has 0 unspecified atom stereocenters. The van der Waals surface area contributed by atoms with Crippen LogP contribution in [0.25, 0.3) is 22.4 Å². The summed E-state index contributed by atoms with van der Waals surface area (Å²) in [6.07, 6.45) is 0.962. The Labute approximate surface area is 347 Å². The smallest absolute Gasteiger partial charge is 0.261 e. The topological polar surface area (TPSA) is 72.8 Å². The summed E-state index contributed by atoms with van der Waals surface area (Å²) in [6, 6.07) is 41.1. The Morgan fingerprint density at radius 1 is 0.759 bits per heavy atom. The number of sulfonamides is 1. The van der Waals surface area contributed by atoms with Gasteiger partial charge in [-0.15, -0.1) is 11.8 Å². The van der Waals surface area contributed by atoms with Crippen LogP contribution in [-0.4, -0.2) is 76.5 Å². The second-order valence-corrected chi connectivity index (χ2v) is 18.1. The van der Waals surface area contributed by atoms with Gasteiger partial charge in [-0.1, -0.05) is 30.3 Å². The van der Waals surface area contributed by atoms with Crippen molar-refractivity contribution in [1.29, 1.82) is 0 Å². The zero-order valence-corrected chi connectivity index (χ0v) is 35.6. The molecule has 1 saturated heterocycles. The SMILES string of the molecule is Cc1cc(S(=O)(=O)Nc2ccc(N3CCN(c4cccc(-c5cc(C)n(C)c5-c5ccc(F)cc5)c4)CC3)cc2)ccc1N[C@H](CCN(C)C)CSc1ccccc1. The van der Waals surface area contributed by atoms with Crippen molar-refractivity contribution in [1.82, 2.24) is 9.47 Å². The van der Waals surface area contributed by atoms with E-state index in [1.54, 1.807) is 12.1 Å². The Morgan fingerprint density at radius 3 is 2.12 bits per heavy atom. The van der Waals surface area contributed by atoms with Gasteiger partial charge < -0.3 is 24.6 Å². The van der Waals surface area contributed by atoms with E-state index in [0.717, 1.165) is 89.9 Å². The van der Waals surface area contributed by atoms with Gasteiger partial charge in [0.1, 0.15) is 5.82 Å². The van der Waals surface area contributed by atoms with Crippen molar-refractivity contribution in [3.63, 3.8) is 0 Å². The predicted octanol–water partition coefficient (Wildman–Crippen LogP) is 9.77. The van der Waals surface area contributed by atoms with Crippen LogP contribution >= 0.6 is 11.8 Å². The third kappa shape index (κ3) is 9.89. The molecule has 0 radical (unpaired) electrons. The van der Waals surface area contributed by atoms with Crippen LogP contribution in [0.4, 0.5) is 27.1 Å². The fraction of sp³-hybridized carbons (Fsp3) is 0.277. The highest BCUT2D eigenvalue weighted by molar-refractivity contribution is 7.99. The number of halogens is 1. The molecule has 2 N–H and O–H groups in total. The molecule has 5 aromatic carbocycles. The number of nitrogens with one attached hydrogen (secondary N) is 2. The first kappa shape index (κ1) is 40.9. The normalized spacial score (nSPS) is 13.8. The molecule has 0 bridgehead atoms. The van der Waals surface area contributed by atoms with E-state index in [-0.39, 0.29) is 16.8 Å². The maximum absolute atomic E-state index is 13.7. The van der Waals surface area contributed by atoms with E-state index >= 15 is 0 Å². The lowest BCUT2D eigenvalue weighted by Crippen LogP contribution is -2.46. The maximum Gasteiger partial charge on any atom is 0.261 e. The summed E-state index contributed by atoms with van der Waals surface area (Å²) in [5.74, 6) is 0.655. The molecule has 1 aliphatic heterocycles. The van der Waals surface area contributed by atoms with Gasteiger partial charge in [0.25, 0.3) is 10.0 Å². The zero-order chi connectivity index (χ0) is 40.8. The lowest BCUT2D eigenvalue weighted by atomic mass is 10.0. The van der Waals surface area contributed by atoms with Gasteiger partial charge in [0, 0.05) is 83.9 Å². The fourth-order valence-electron chi connectivity index (χ4n) is 7.47. The number of thioether (sulfide) groups is 1. The van der Waals surface area contributed by atoms with E-state index in [2.05, 4.69) is 112 Å². The summed E-state index contributed by atoms with van der Waals surface area (Å²) in [7, 11) is 2.42. The Kier molecular flexibility index (Phi) is 12.8. The van der Waals surface area contributed by atoms with Crippen LogP contribution in [0.5, 0.6) is 0 Å². The number of rotatable bonds is 15. The third-order valence-corrected chi connectivity index (χ3v) is 13.4. The van der Waals surface area contributed by atoms with Gasteiger partial charge in [-0.2, -0.15) is 0 Å². The first-order chi connectivity index (χ1) is 27.9. The van der Waals surface area contributed by atoms with Crippen molar-refractivity contribution in [3.8, 4) is 22.4 Å². The molecular formula is C47H53FN6O2S2. The number of aryl methyl sites for hydroxylation is 2. The number of anilines is 4. The molecule has 0 spiro atoms. The van der Waals surface area contributed by atoms with Crippen LogP contribution in [0.3, 0.4) is 0 Å². The van der Waals surface area contributed by atoms with Crippen LogP contribution < -0.4 is 19.8 Å². The number of benzene rings is 5. The largest absolute Gasteiger partial charge is 0.381 e. The quantitative estimate of drug-likeness (QED) is 0.100. The summed E-state index contributed by atoms with van der Waals surface area (Å²) in [5.41, 5.74) is 10.0. The molecule has 6 aromatic rings. The molecule has 1 aromatic heterocycles. The van der Waals surface area contributed by atoms with E-state index in [1.165, 1.54) is 22.7 Å². The van der Waals surface area contributed by atoms with Gasteiger partial charge in [-0.25, -0.2) is 12.8 Å². The highest BCUT2D eigenvalue weighted by atomic mass is 32.2. The van der Waals surface area contributed by atoms with E-state index in [4.69, 9.17) is 0 Å². The Hall–Kier alpha value is -5.23. The van der Waals surface area contributed by atoms with Gasteiger partial charge in [0.15, 0.2) is 0 Å². The molecule has 0 saturated carbocycles.